The van der Waals surface area contributed by atoms with E-state index in [0.717, 1.165) is 5.39 Å². The monoisotopic (exact) mass is 280 g/mol. The third-order valence-corrected chi connectivity index (χ3v) is 3.27. The fraction of sp³-hybridized carbons (Fsp3) is 0.0588. The number of rotatable bonds is 2. The molecule has 0 atom stereocenters. The molecule has 4 heteroatoms. The smallest absolute Gasteiger partial charge is 0.344 e. The van der Waals surface area contributed by atoms with E-state index in [0.29, 0.717) is 22.3 Å². The van der Waals surface area contributed by atoms with Crippen molar-refractivity contribution in [1.82, 2.24) is 0 Å². The Morgan fingerprint density at radius 3 is 2.57 bits per heavy atom. The zero-order valence-corrected chi connectivity index (χ0v) is 11.3. The molecule has 0 radical (unpaired) electrons. The first kappa shape index (κ1) is 13.1. The first-order valence-corrected chi connectivity index (χ1v) is 6.41. The van der Waals surface area contributed by atoms with Crippen LogP contribution in [-0.2, 0) is 4.74 Å². The van der Waals surface area contributed by atoms with Gasteiger partial charge >= 0.3 is 11.6 Å². The zero-order valence-electron chi connectivity index (χ0n) is 11.3. The van der Waals surface area contributed by atoms with E-state index in [-0.39, 0.29) is 0 Å². The lowest BCUT2D eigenvalue weighted by Gasteiger charge is -2.07. The molecule has 1 heterocycles. The van der Waals surface area contributed by atoms with Crippen LogP contribution in [0.5, 0.6) is 0 Å². The van der Waals surface area contributed by atoms with Crippen molar-refractivity contribution in [3.05, 3.63) is 70.6 Å². The van der Waals surface area contributed by atoms with E-state index in [2.05, 4.69) is 0 Å². The molecule has 3 rings (SSSR count). The van der Waals surface area contributed by atoms with Gasteiger partial charge in [-0.2, -0.15) is 0 Å². The molecule has 0 aliphatic heterocycles. The van der Waals surface area contributed by atoms with Crippen LogP contribution in [0.25, 0.3) is 22.1 Å². The van der Waals surface area contributed by atoms with Crippen molar-refractivity contribution in [2.45, 2.75) is 0 Å². The van der Waals surface area contributed by atoms with Crippen molar-refractivity contribution >= 4 is 16.7 Å². The van der Waals surface area contributed by atoms with Crippen LogP contribution < -0.4 is 5.63 Å². The van der Waals surface area contributed by atoms with Crippen LogP contribution in [0.15, 0.2) is 63.8 Å². The number of methoxy groups -OCH3 is 1. The van der Waals surface area contributed by atoms with Gasteiger partial charge in [0.2, 0.25) is 0 Å². The Morgan fingerprint density at radius 1 is 1.05 bits per heavy atom. The van der Waals surface area contributed by atoms with Gasteiger partial charge in [-0.1, -0.05) is 36.4 Å². The molecule has 0 saturated carbocycles. The van der Waals surface area contributed by atoms with Crippen LogP contribution in [0.1, 0.15) is 10.4 Å². The fourth-order valence-electron chi connectivity index (χ4n) is 2.25. The lowest BCUT2D eigenvalue weighted by Crippen LogP contribution is -2.05. The lowest BCUT2D eigenvalue weighted by atomic mass is 10.0. The summed E-state index contributed by atoms with van der Waals surface area (Å²) in [6.45, 7) is 0. The predicted molar refractivity (Wildman–Crippen MR) is 79.3 cm³/mol. The summed E-state index contributed by atoms with van der Waals surface area (Å²) in [6, 6.07) is 15.8. The second kappa shape index (κ2) is 5.25. The number of hydrogen-bond donors (Lipinski definition) is 0. The second-order valence-electron chi connectivity index (χ2n) is 4.52. The molecule has 0 saturated heterocycles. The Bertz CT molecular complexity index is 877. The molecule has 0 spiro atoms. The highest BCUT2D eigenvalue weighted by molar-refractivity contribution is 5.97. The third-order valence-electron chi connectivity index (χ3n) is 3.27. The van der Waals surface area contributed by atoms with E-state index in [1.165, 1.54) is 7.11 Å². The number of carbonyl (C=O) groups excluding carboxylic acids is 1. The Labute approximate surface area is 120 Å². The number of ether oxygens (including phenoxy) is 1. The van der Waals surface area contributed by atoms with Crippen LogP contribution in [0.4, 0.5) is 0 Å². The largest absolute Gasteiger partial charge is 0.465 e. The Balaban J connectivity index is 2.27. The molecular formula is C17H12O4. The lowest BCUT2D eigenvalue weighted by molar-refractivity contribution is 0.0601. The van der Waals surface area contributed by atoms with Gasteiger partial charge in [-0.25, -0.2) is 9.59 Å². The Kier molecular flexibility index (Phi) is 3.28. The first-order chi connectivity index (χ1) is 10.2. The highest BCUT2D eigenvalue weighted by atomic mass is 16.5. The van der Waals surface area contributed by atoms with Gasteiger partial charge in [0.15, 0.2) is 0 Å². The summed E-state index contributed by atoms with van der Waals surface area (Å²) in [5.74, 6) is -0.124. The maximum absolute atomic E-state index is 12.0. The highest BCUT2D eigenvalue weighted by Gasteiger charge is 2.15. The van der Waals surface area contributed by atoms with Crippen molar-refractivity contribution in [1.29, 1.82) is 0 Å². The van der Waals surface area contributed by atoms with Gasteiger partial charge in [0.05, 0.1) is 18.1 Å². The van der Waals surface area contributed by atoms with Gasteiger partial charge in [0, 0.05) is 5.56 Å². The fourth-order valence-corrected chi connectivity index (χ4v) is 2.25. The summed E-state index contributed by atoms with van der Waals surface area (Å²) in [6.07, 6.45) is 0. The summed E-state index contributed by atoms with van der Waals surface area (Å²) in [5.41, 5.74) is 0.466. The van der Waals surface area contributed by atoms with Gasteiger partial charge in [-0.3, -0.25) is 0 Å². The topological polar surface area (TPSA) is 56.5 Å². The van der Waals surface area contributed by atoms with Crippen molar-refractivity contribution in [3.63, 3.8) is 0 Å². The quantitative estimate of drug-likeness (QED) is 0.676. The molecule has 0 aliphatic carbocycles. The standard InChI is InChI=1S/C17H12O4/c1-20-16(18)14-9-5-4-8-13(14)15-10-11-6-2-3-7-12(11)17(19)21-15/h2-10H,1H3. The van der Waals surface area contributed by atoms with Gasteiger partial charge in [-0.05, 0) is 23.6 Å². The maximum Gasteiger partial charge on any atom is 0.344 e. The number of benzene rings is 2. The van der Waals surface area contributed by atoms with E-state index in [1.807, 2.05) is 12.1 Å². The minimum Gasteiger partial charge on any atom is -0.465 e. The van der Waals surface area contributed by atoms with E-state index in [4.69, 9.17) is 9.15 Å². The van der Waals surface area contributed by atoms with Gasteiger partial charge in [-0.15, -0.1) is 0 Å². The summed E-state index contributed by atoms with van der Waals surface area (Å²) < 4.78 is 10.1. The molecule has 0 fully saturated rings. The normalized spacial score (nSPS) is 10.5. The number of esters is 1. The number of fused-ring (bicyclic) bond motifs is 1. The zero-order chi connectivity index (χ0) is 14.8. The summed E-state index contributed by atoms with van der Waals surface area (Å²) in [7, 11) is 1.32. The number of hydrogen-bond acceptors (Lipinski definition) is 4. The highest BCUT2D eigenvalue weighted by Crippen LogP contribution is 2.25. The van der Waals surface area contributed by atoms with Gasteiger partial charge in [0.1, 0.15) is 5.76 Å². The molecule has 2 aromatic carbocycles. The minimum absolute atomic E-state index is 0.347. The van der Waals surface area contributed by atoms with E-state index in [9.17, 15) is 9.59 Å². The molecule has 0 amide bonds. The molecule has 3 aromatic rings. The molecule has 21 heavy (non-hydrogen) atoms. The average molecular weight is 280 g/mol. The summed E-state index contributed by atoms with van der Waals surface area (Å²) in [5, 5.41) is 1.28. The van der Waals surface area contributed by atoms with Gasteiger partial charge in [0.25, 0.3) is 0 Å². The minimum atomic E-state index is -0.471. The molecule has 4 nitrogen and oxygen atoms in total. The molecular weight excluding hydrogens is 268 g/mol. The summed E-state index contributed by atoms with van der Waals surface area (Å²) >= 11 is 0. The predicted octanol–water partition coefficient (Wildman–Crippen LogP) is 3.25. The SMILES string of the molecule is COC(=O)c1ccccc1-c1cc2ccccc2c(=O)o1. The van der Waals surface area contributed by atoms with Crippen LogP contribution in [0, 0.1) is 0 Å². The Hall–Kier alpha value is -2.88. The van der Waals surface area contributed by atoms with Crippen LogP contribution in [-0.4, -0.2) is 13.1 Å². The molecule has 104 valence electrons. The van der Waals surface area contributed by atoms with E-state index in [1.54, 1.807) is 42.5 Å². The average Bonchev–Trinajstić information content (AvgIpc) is 2.54. The van der Waals surface area contributed by atoms with Crippen LogP contribution in [0.2, 0.25) is 0 Å². The Morgan fingerprint density at radius 2 is 1.76 bits per heavy atom. The summed E-state index contributed by atoms with van der Waals surface area (Å²) in [4.78, 5) is 23.9. The van der Waals surface area contributed by atoms with Crippen LogP contribution >= 0.6 is 0 Å². The second-order valence-corrected chi connectivity index (χ2v) is 4.52. The molecule has 1 aromatic heterocycles. The maximum atomic E-state index is 12.0. The van der Waals surface area contributed by atoms with E-state index >= 15 is 0 Å². The molecule has 0 aliphatic rings. The van der Waals surface area contributed by atoms with Crippen molar-refractivity contribution in [2.75, 3.05) is 7.11 Å². The van der Waals surface area contributed by atoms with Crippen molar-refractivity contribution in [2.24, 2.45) is 0 Å². The van der Waals surface area contributed by atoms with E-state index < -0.39 is 11.6 Å². The molecule has 0 N–H and O–H groups in total. The molecule has 0 unspecified atom stereocenters. The van der Waals surface area contributed by atoms with Crippen LogP contribution in [0.3, 0.4) is 0 Å². The number of carbonyl (C=O) groups is 1. The first-order valence-electron chi connectivity index (χ1n) is 6.41. The molecule has 0 bridgehead atoms. The van der Waals surface area contributed by atoms with Crippen molar-refractivity contribution in [3.8, 4) is 11.3 Å². The third kappa shape index (κ3) is 2.31. The van der Waals surface area contributed by atoms with Gasteiger partial charge < -0.3 is 9.15 Å². The van der Waals surface area contributed by atoms with Crippen molar-refractivity contribution < 1.29 is 13.9 Å².